The van der Waals surface area contributed by atoms with Crippen LogP contribution in [-0.2, 0) is 19.6 Å². The minimum atomic E-state index is 0.924. The Morgan fingerprint density at radius 1 is 1.39 bits per heavy atom. The molecule has 2 heterocycles. The van der Waals surface area contributed by atoms with Gasteiger partial charge in [0.2, 0.25) is 0 Å². The van der Waals surface area contributed by atoms with E-state index in [4.69, 9.17) is 4.42 Å². The first-order valence-corrected chi connectivity index (χ1v) is 6.93. The summed E-state index contributed by atoms with van der Waals surface area (Å²) in [6.45, 7) is 5.06. The average molecular weight is 264 g/mol. The summed E-state index contributed by atoms with van der Waals surface area (Å²) in [5, 5.41) is 3.20. The number of nitrogens with one attached hydrogen (secondary N) is 1. The summed E-state index contributed by atoms with van der Waals surface area (Å²) < 4.78 is 5.09. The van der Waals surface area contributed by atoms with E-state index in [1.807, 2.05) is 30.7 Å². The largest absolute Gasteiger partial charge is 0.472 e. The molecule has 2 aromatic heterocycles. The van der Waals surface area contributed by atoms with Crippen LogP contribution in [0.4, 0.5) is 0 Å². The van der Waals surface area contributed by atoms with Gasteiger partial charge in [0.05, 0.1) is 12.5 Å². The van der Waals surface area contributed by atoms with Gasteiger partial charge in [-0.2, -0.15) is 0 Å². The monoisotopic (exact) mass is 264 g/mol. The summed E-state index contributed by atoms with van der Waals surface area (Å²) in [5.41, 5.74) is 2.65. The minimum Gasteiger partial charge on any atom is -0.472 e. The van der Waals surface area contributed by atoms with Gasteiger partial charge < -0.3 is 9.73 Å². The number of nitrogens with zero attached hydrogens (tertiary/aromatic N) is 1. The first kappa shape index (κ1) is 13.3. The van der Waals surface area contributed by atoms with E-state index in [1.165, 1.54) is 20.9 Å². The van der Waals surface area contributed by atoms with Crippen LogP contribution in [0, 0.1) is 6.92 Å². The maximum atomic E-state index is 5.09. The maximum absolute atomic E-state index is 5.09. The van der Waals surface area contributed by atoms with Crippen LogP contribution < -0.4 is 5.32 Å². The Morgan fingerprint density at radius 3 is 2.89 bits per heavy atom. The van der Waals surface area contributed by atoms with Crippen molar-refractivity contribution in [3.8, 4) is 0 Å². The molecule has 0 saturated heterocycles. The van der Waals surface area contributed by atoms with E-state index in [2.05, 4.69) is 30.3 Å². The van der Waals surface area contributed by atoms with E-state index in [-0.39, 0.29) is 0 Å². The molecule has 0 aliphatic heterocycles. The Labute approximate surface area is 112 Å². The lowest BCUT2D eigenvalue weighted by molar-refractivity contribution is 0.317. The molecular weight excluding hydrogens is 244 g/mol. The molecule has 3 nitrogen and oxygen atoms in total. The molecule has 0 bridgehead atoms. The van der Waals surface area contributed by atoms with E-state index in [1.54, 1.807) is 6.26 Å². The zero-order chi connectivity index (χ0) is 13.0. The molecule has 0 fully saturated rings. The second kappa shape index (κ2) is 6.18. The fraction of sp³-hybridized carbons (Fsp3) is 0.429. The molecule has 0 radical (unpaired) electrons. The highest BCUT2D eigenvalue weighted by Gasteiger charge is 2.08. The molecule has 1 N–H and O–H groups in total. The molecule has 2 aromatic rings. The number of hydrogen-bond acceptors (Lipinski definition) is 4. The van der Waals surface area contributed by atoms with Crippen molar-refractivity contribution in [3.05, 3.63) is 45.5 Å². The van der Waals surface area contributed by atoms with Crippen molar-refractivity contribution in [2.45, 2.75) is 26.6 Å². The smallest absolute Gasteiger partial charge is 0.0947 e. The van der Waals surface area contributed by atoms with Crippen LogP contribution in [0.1, 0.15) is 20.9 Å². The Balaban J connectivity index is 1.95. The predicted molar refractivity (Wildman–Crippen MR) is 75.7 cm³/mol. The molecule has 0 atom stereocenters. The summed E-state index contributed by atoms with van der Waals surface area (Å²) in [4.78, 5) is 5.13. The number of aryl methyl sites for hydroxylation is 1. The molecule has 0 aliphatic rings. The number of rotatable bonds is 6. The van der Waals surface area contributed by atoms with Crippen LogP contribution >= 0.6 is 11.3 Å². The number of hydrogen-bond donors (Lipinski definition) is 1. The van der Waals surface area contributed by atoms with Gasteiger partial charge >= 0.3 is 0 Å². The predicted octanol–water partition coefficient (Wildman–Crippen LogP) is 3.00. The zero-order valence-electron chi connectivity index (χ0n) is 11.2. The Kier molecular flexibility index (Phi) is 4.58. The molecular formula is C14H20N2OS. The van der Waals surface area contributed by atoms with Crippen molar-refractivity contribution in [1.82, 2.24) is 10.2 Å². The van der Waals surface area contributed by atoms with Gasteiger partial charge in [-0.1, -0.05) is 0 Å². The molecule has 0 amide bonds. The Morgan fingerprint density at radius 2 is 2.22 bits per heavy atom. The van der Waals surface area contributed by atoms with Crippen molar-refractivity contribution in [2.24, 2.45) is 0 Å². The Bertz CT molecular complexity index is 476. The van der Waals surface area contributed by atoms with Gasteiger partial charge in [-0.3, -0.25) is 4.90 Å². The molecule has 18 heavy (non-hydrogen) atoms. The zero-order valence-corrected chi connectivity index (χ0v) is 12.0. The van der Waals surface area contributed by atoms with Crippen LogP contribution in [-0.4, -0.2) is 19.0 Å². The fourth-order valence-electron chi connectivity index (χ4n) is 2.05. The van der Waals surface area contributed by atoms with Crippen molar-refractivity contribution in [1.29, 1.82) is 0 Å². The van der Waals surface area contributed by atoms with Crippen molar-refractivity contribution in [2.75, 3.05) is 14.1 Å². The third kappa shape index (κ3) is 3.45. The van der Waals surface area contributed by atoms with E-state index in [9.17, 15) is 0 Å². The SMILES string of the molecule is CNCc1cc(CN(C)Cc2ccoc2)c(C)s1. The second-order valence-corrected chi connectivity index (χ2v) is 5.97. The van der Waals surface area contributed by atoms with Crippen LogP contribution in [0.5, 0.6) is 0 Å². The third-order valence-corrected chi connectivity index (χ3v) is 3.99. The highest BCUT2D eigenvalue weighted by Crippen LogP contribution is 2.23. The van der Waals surface area contributed by atoms with Gasteiger partial charge in [0.15, 0.2) is 0 Å². The van der Waals surface area contributed by atoms with Gasteiger partial charge in [-0.05, 0) is 38.7 Å². The normalized spacial score (nSPS) is 11.3. The molecule has 98 valence electrons. The average Bonchev–Trinajstić information content (AvgIpc) is 2.91. The first-order valence-electron chi connectivity index (χ1n) is 6.11. The van der Waals surface area contributed by atoms with Gasteiger partial charge in [0, 0.05) is 35.0 Å². The van der Waals surface area contributed by atoms with E-state index < -0.39 is 0 Å². The summed E-state index contributed by atoms with van der Waals surface area (Å²) in [5.74, 6) is 0. The lowest BCUT2D eigenvalue weighted by atomic mass is 10.2. The topological polar surface area (TPSA) is 28.4 Å². The quantitative estimate of drug-likeness (QED) is 0.869. The van der Waals surface area contributed by atoms with Gasteiger partial charge in [-0.25, -0.2) is 0 Å². The summed E-state index contributed by atoms with van der Waals surface area (Å²) in [6.07, 6.45) is 3.54. The van der Waals surface area contributed by atoms with Gasteiger partial charge in [0.1, 0.15) is 0 Å². The van der Waals surface area contributed by atoms with E-state index in [0.29, 0.717) is 0 Å². The van der Waals surface area contributed by atoms with Crippen LogP contribution in [0.25, 0.3) is 0 Å². The van der Waals surface area contributed by atoms with E-state index in [0.717, 1.165) is 19.6 Å². The molecule has 0 unspecified atom stereocenters. The summed E-state index contributed by atoms with van der Waals surface area (Å²) >= 11 is 1.88. The minimum absolute atomic E-state index is 0.924. The number of thiophene rings is 1. The maximum Gasteiger partial charge on any atom is 0.0947 e. The molecule has 2 rings (SSSR count). The molecule has 0 saturated carbocycles. The highest BCUT2D eigenvalue weighted by molar-refractivity contribution is 7.12. The summed E-state index contributed by atoms with van der Waals surface area (Å²) in [7, 11) is 4.13. The molecule has 0 spiro atoms. The Hall–Kier alpha value is -1.10. The van der Waals surface area contributed by atoms with Crippen molar-refractivity contribution in [3.63, 3.8) is 0 Å². The standard InChI is InChI=1S/C14H20N2OS/c1-11-13(6-14(18-11)7-15-2)9-16(3)8-12-4-5-17-10-12/h4-6,10,15H,7-9H2,1-3H3. The summed E-state index contributed by atoms with van der Waals surface area (Å²) in [6, 6.07) is 4.33. The van der Waals surface area contributed by atoms with Gasteiger partial charge in [-0.15, -0.1) is 11.3 Å². The van der Waals surface area contributed by atoms with Gasteiger partial charge in [0.25, 0.3) is 0 Å². The second-order valence-electron chi connectivity index (χ2n) is 4.63. The fourth-order valence-corrected chi connectivity index (χ4v) is 3.11. The number of furan rings is 1. The van der Waals surface area contributed by atoms with Crippen molar-refractivity contribution >= 4 is 11.3 Å². The molecule has 0 aromatic carbocycles. The molecule has 0 aliphatic carbocycles. The van der Waals surface area contributed by atoms with Crippen LogP contribution in [0.3, 0.4) is 0 Å². The third-order valence-electron chi connectivity index (χ3n) is 2.90. The molecule has 4 heteroatoms. The van der Waals surface area contributed by atoms with E-state index >= 15 is 0 Å². The lowest BCUT2D eigenvalue weighted by Crippen LogP contribution is -2.16. The lowest BCUT2D eigenvalue weighted by Gasteiger charge is -2.15. The highest BCUT2D eigenvalue weighted by atomic mass is 32.1. The van der Waals surface area contributed by atoms with Crippen molar-refractivity contribution < 1.29 is 4.42 Å². The van der Waals surface area contributed by atoms with Crippen LogP contribution in [0.15, 0.2) is 29.1 Å². The first-order chi connectivity index (χ1) is 8.69. The van der Waals surface area contributed by atoms with Crippen LogP contribution in [0.2, 0.25) is 0 Å².